The van der Waals surface area contributed by atoms with Gasteiger partial charge in [-0.1, -0.05) is 30.3 Å². The van der Waals surface area contributed by atoms with Crippen LogP contribution < -0.4 is 4.90 Å². The normalized spacial score (nSPS) is 28.4. The number of ether oxygens (including phenoxy) is 1. The Hall–Kier alpha value is -2.57. The van der Waals surface area contributed by atoms with Crippen LogP contribution in [0.25, 0.3) is 0 Å². The van der Waals surface area contributed by atoms with Crippen molar-refractivity contribution < 1.29 is 9.84 Å². The Bertz CT molecular complexity index is 935. The SMILES string of the molecule is COCCN1C(O)N(c2ncc(C#N)cn2)CC12CCC(c1ccccc1)(N(C)C)CC2. The number of anilines is 1. The van der Waals surface area contributed by atoms with Crippen LogP contribution in [0, 0.1) is 11.3 Å². The summed E-state index contributed by atoms with van der Waals surface area (Å²) >= 11 is 0. The molecule has 1 saturated carbocycles. The van der Waals surface area contributed by atoms with E-state index >= 15 is 0 Å². The molecule has 0 amide bonds. The number of nitrogens with zero attached hydrogens (tertiary/aromatic N) is 6. The minimum Gasteiger partial charge on any atom is -0.383 e. The first-order chi connectivity index (χ1) is 15.5. The third-order valence-electron chi connectivity index (χ3n) is 7.37. The van der Waals surface area contributed by atoms with Crippen LogP contribution in [0.2, 0.25) is 0 Å². The minimum atomic E-state index is -0.832. The van der Waals surface area contributed by atoms with E-state index in [-0.39, 0.29) is 11.1 Å². The molecule has 1 aromatic carbocycles. The van der Waals surface area contributed by atoms with Crippen LogP contribution in [-0.4, -0.2) is 77.7 Å². The minimum absolute atomic E-state index is 0.0250. The molecule has 0 bridgehead atoms. The maximum atomic E-state index is 11.3. The molecule has 32 heavy (non-hydrogen) atoms. The maximum Gasteiger partial charge on any atom is 0.228 e. The fourth-order valence-electron chi connectivity index (χ4n) is 5.46. The second-order valence-electron chi connectivity index (χ2n) is 9.06. The van der Waals surface area contributed by atoms with Crippen LogP contribution in [0.1, 0.15) is 36.8 Å². The van der Waals surface area contributed by atoms with Crippen LogP contribution in [0.5, 0.6) is 0 Å². The zero-order valence-electron chi connectivity index (χ0n) is 19.1. The molecule has 1 aliphatic heterocycles. The summed E-state index contributed by atoms with van der Waals surface area (Å²) in [7, 11) is 6.01. The monoisotopic (exact) mass is 436 g/mol. The van der Waals surface area contributed by atoms with Gasteiger partial charge in [-0.2, -0.15) is 5.26 Å². The van der Waals surface area contributed by atoms with Crippen molar-refractivity contribution in [3.05, 3.63) is 53.9 Å². The lowest BCUT2D eigenvalue weighted by atomic mass is 9.68. The smallest absolute Gasteiger partial charge is 0.228 e. The number of rotatable bonds is 6. The second-order valence-corrected chi connectivity index (χ2v) is 9.06. The number of methoxy groups -OCH3 is 1. The number of aliphatic hydroxyl groups is 1. The Kier molecular flexibility index (Phi) is 6.45. The van der Waals surface area contributed by atoms with Crippen LogP contribution in [-0.2, 0) is 10.3 Å². The number of benzene rings is 1. The van der Waals surface area contributed by atoms with E-state index in [1.807, 2.05) is 11.0 Å². The summed E-state index contributed by atoms with van der Waals surface area (Å²) in [5, 5.41) is 20.3. The standard InChI is InChI=1S/C24H32N6O2/c1-28(2)24(20-7-5-4-6-8-20)11-9-23(10-12-24)18-29(22(31)30(23)13-14-32-3)21-26-16-19(15-25)17-27-21/h4-8,16-17,22,31H,9-14,18H2,1-3H3. The molecule has 8 heteroatoms. The molecule has 170 valence electrons. The van der Waals surface area contributed by atoms with Gasteiger partial charge < -0.3 is 14.7 Å². The van der Waals surface area contributed by atoms with Crippen molar-refractivity contribution in [3.63, 3.8) is 0 Å². The summed E-state index contributed by atoms with van der Waals surface area (Å²) in [5.41, 5.74) is 1.53. The lowest BCUT2D eigenvalue weighted by Crippen LogP contribution is -2.56. The molecule has 1 N–H and O–H groups in total. The second kappa shape index (κ2) is 9.12. The fraction of sp³-hybridized carbons (Fsp3) is 0.542. The van der Waals surface area contributed by atoms with Crippen molar-refractivity contribution in [1.29, 1.82) is 5.26 Å². The summed E-state index contributed by atoms with van der Waals surface area (Å²) in [6.07, 6.45) is 6.03. The van der Waals surface area contributed by atoms with E-state index in [1.54, 1.807) is 7.11 Å². The first-order valence-corrected chi connectivity index (χ1v) is 11.1. The molecule has 4 rings (SSSR count). The summed E-state index contributed by atoms with van der Waals surface area (Å²) in [6, 6.07) is 12.8. The molecule has 1 spiro atoms. The first-order valence-electron chi connectivity index (χ1n) is 11.1. The summed E-state index contributed by atoms with van der Waals surface area (Å²) in [6.45, 7) is 1.81. The van der Waals surface area contributed by atoms with Crippen molar-refractivity contribution in [2.45, 2.75) is 43.1 Å². The van der Waals surface area contributed by atoms with Gasteiger partial charge in [0.1, 0.15) is 6.07 Å². The molecule has 1 aromatic heterocycles. The molecular formula is C24H32N6O2. The van der Waals surface area contributed by atoms with E-state index in [0.717, 1.165) is 25.7 Å². The number of nitriles is 1. The molecule has 0 radical (unpaired) electrons. The maximum absolute atomic E-state index is 11.3. The lowest BCUT2D eigenvalue weighted by molar-refractivity contribution is -0.0619. The van der Waals surface area contributed by atoms with Gasteiger partial charge in [0.25, 0.3) is 0 Å². The largest absolute Gasteiger partial charge is 0.383 e. The Morgan fingerprint density at radius 1 is 1.16 bits per heavy atom. The van der Waals surface area contributed by atoms with Crippen LogP contribution >= 0.6 is 0 Å². The first kappa shape index (κ1) is 22.6. The van der Waals surface area contributed by atoms with E-state index in [4.69, 9.17) is 10.00 Å². The van der Waals surface area contributed by atoms with Crippen molar-refractivity contribution in [3.8, 4) is 6.07 Å². The van der Waals surface area contributed by atoms with E-state index in [9.17, 15) is 5.11 Å². The molecule has 1 saturated heterocycles. The van der Waals surface area contributed by atoms with Gasteiger partial charge in [0.05, 0.1) is 24.6 Å². The van der Waals surface area contributed by atoms with Gasteiger partial charge in [0.15, 0.2) is 6.35 Å². The predicted molar refractivity (Wildman–Crippen MR) is 122 cm³/mol. The van der Waals surface area contributed by atoms with Gasteiger partial charge in [-0.15, -0.1) is 0 Å². The topological polar surface area (TPSA) is 88.8 Å². The van der Waals surface area contributed by atoms with E-state index < -0.39 is 6.35 Å². The summed E-state index contributed by atoms with van der Waals surface area (Å²) < 4.78 is 5.36. The molecule has 2 heterocycles. The van der Waals surface area contributed by atoms with Gasteiger partial charge in [-0.05, 0) is 45.3 Å². The van der Waals surface area contributed by atoms with Crippen LogP contribution in [0.4, 0.5) is 5.95 Å². The summed E-state index contributed by atoms with van der Waals surface area (Å²) in [4.78, 5) is 15.0. The Morgan fingerprint density at radius 2 is 1.81 bits per heavy atom. The third-order valence-corrected chi connectivity index (χ3v) is 7.37. The molecule has 2 fully saturated rings. The van der Waals surface area contributed by atoms with Gasteiger partial charge in [-0.25, -0.2) is 9.97 Å². The molecule has 2 aromatic rings. The zero-order valence-corrected chi connectivity index (χ0v) is 19.1. The molecule has 2 aliphatic rings. The fourth-order valence-corrected chi connectivity index (χ4v) is 5.46. The zero-order chi connectivity index (χ0) is 22.8. The number of aliphatic hydroxyl groups excluding tert-OH is 1. The Morgan fingerprint density at radius 3 is 2.38 bits per heavy atom. The van der Waals surface area contributed by atoms with E-state index in [1.165, 1.54) is 18.0 Å². The van der Waals surface area contributed by atoms with Gasteiger partial charge >= 0.3 is 0 Å². The highest BCUT2D eigenvalue weighted by Crippen LogP contribution is 2.49. The van der Waals surface area contributed by atoms with E-state index in [2.05, 4.69) is 64.2 Å². The Balaban J connectivity index is 1.62. The molecule has 1 atom stereocenters. The molecule has 1 aliphatic carbocycles. The van der Waals surface area contributed by atoms with Gasteiger partial charge in [0.2, 0.25) is 5.95 Å². The van der Waals surface area contributed by atoms with Crippen molar-refractivity contribution in [2.24, 2.45) is 0 Å². The quantitative estimate of drug-likeness (QED) is 0.737. The van der Waals surface area contributed by atoms with Crippen molar-refractivity contribution in [1.82, 2.24) is 19.8 Å². The van der Waals surface area contributed by atoms with Gasteiger partial charge in [-0.3, -0.25) is 9.80 Å². The van der Waals surface area contributed by atoms with Crippen molar-refractivity contribution in [2.75, 3.05) is 45.8 Å². The number of aromatic nitrogens is 2. The molecule has 1 unspecified atom stereocenters. The Labute approximate surface area is 190 Å². The van der Waals surface area contributed by atoms with Crippen LogP contribution in [0.15, 0.2) is 42.7 Å². The van der Waals surface area contributed by atoms with Crippen molar-refractivity contribution >= 4 is 5.95 Å². The number of hydrogen-bond donors (Lipinski definition) is 1. The lowest BCUT2D eigenvalue weighted by Gasteiger charge is -2.51. The van der Waals surface area contributed by atoms with E-state index in [0.29, 0.717) is 31.2 Å². The highest BCUT2D eigenvalue weighted by Gasteiger charge is 2.55. The van der Waals surface area contributed by atoms with Gasteiger partial charge in [0, 0.05) is 31.3 Å². The average molecular weight is 437 g/mol. The highest BCUT2D eigenvalue weighted by molar-refractivity contribution is 5.38. The molecule has 8 nitrogen and oxygen atoms in total. The summed E-state index contributed by atoms with van der Waals surface area (Å²) in [5.74, 6) is 0.447. The highest BCUT2D eigenvalue weighted by atomic mass is 16.5. The predicted octanol–water partition coefficient (Wildman–Crippen LogP) is 2.16. The average Bonchev–Trinajstić information content (AvgIpc) is 3.09. The number of hydrogen-bond acceptors (Lipinski definition) is 8. The van der Waals surface area contributed by atoms with Crippen LogP contribution in [0.3, 0.4) is 0 Å². The molecular weight excluding hydrogens is 404 g/mol. The third kappa shape index (κ3) is 3.86.